The van der Waals surface area contributed by atoms with Gasteiger partial charge in [0, 0.05) is 49.9 Å². The Morgan fingerprint density at radius 1 is 0.926 bits per heavy atom. The number of alkyl halides is 6. The number of nitrogens with zero attached hydrogens (tertiary/aromatic N) is 6. The van der Waals surface area contributed by atoms with E-state index in [2.05, 4.69) is 41.3 Å². The van der Waals surface area contributed by atoms with E-state index in [0.29, 0.717) is 60.5 Å². The van der Waals surface area contributed by atoms with Gasteiger partial charge >= 0.3 is 30.3 Å². The van der Waals surface area contributed by atoms with Gasteiger partial charge in [0.25, 0.3) is 5.91 Å². The number of likely N-dealkylation sites (tertiary alicyclic amines) is 1. The molecular weight excluding hydrogens is 758 g/mol. The van der Waals surface area contributed by atoms with E-state index in [1.54, 1.807) is 35.1 Å². The molecule has 0 saturated carbocycles. The zero-order chi connectivity index (χ0) is 39.8. The van der Waals surface area contributed by atoms with Crippen LogP contribution in [-0.4, -0.2) is 95.2 Å². The normalized spacial score (nSPS) is 14.8. The molecule has 54 heavy (non-hydrogen) atoms. The summed E-state index contributed by atoms with van der Waals surface area (Å²) in [5.74, 6) is -4.80. The number of urea groups is 1. The van der Waals surface area contributed by atoms with Crippen LogP contribution in [0.3, 0.4) is 0 Å². The van der Waals surface area contributed by atoms with Crippen molar-refractivity contribution in [2.45, 2.75) is 37.7 Å². The Morgan fingerprint density at radius 3 is 2.24 bits per heavy atom. The molecule has 1 aromatic carbocycles. The maximum atomic E-state index is 13.0. The summed E-state index contributed by atoms with van der Waals surface area (Å²) in [4.78, 5) is 58.3. The second-order valence-electron chi connectivity index (χ2n) is 11.4. The van der Waals surface area contributed by atoms with Crippen molar-refractivity contribution in [3.05, 3.63) is 77.0 Å². The van der Waals surface area contributed by atoms with E-state index in [4.69, 9.17) is 31.4 Å². The molecule has 6 bridgehead atoms. The molecule has 6 rings (SSSR count). The van der Waals surface area contributed by atoms with Gasteiger partial charge in [-0.05, 0) is 60.7 Å². The topological polar surface area (TPSA) is 217 Å². The third kappa shape index (κ3) is 11.7. The van der Waals surface area contributed by atoms with Crippen LogP contribution in [0.15, 0.2) is 55.1 Å². The van der Waals surface area contributed by atoms with E-state index in [0.717, 1.165) is 22.5 Å². The highest BCUT2D eigenvalue weighted by atomic mass is 35.5. The van der Waals surface area contributed by atoms with E-state index >= 15 is 0 Å². The van der Waals surface area contributed by atoms with E-state index in [-0.39, 0.29) is 18.0 Å². The van der Waals surface area contributed by atoms with Crippen LogP contribution in [0.1, 0.15) is 28.0 Å². The highest BCUT2D eigenvalue weighted by Crippen LogP contribution is 2.29. The first-order valence-corrected chi connectivity index (χ1v) is 15.8. The number of benzene rings is 1. The number of rotatable bonds is 3. The van der Waals surface area contributed by atoms with Gasteiger partial charge in [0.1, 0.15) is 10.7 Å². The number of pyridine rings is 1. The molecule has 1 atom stereocenters. The van der Waals surface area contributed by atoms with E-state index < -0.39 is 24.3 Å². The molecule has 4 aromatic rings. The van der Waals surface area contributed by atoms with Gasteiger partial charge in [0.05, 0.1) is 18.1 Å². The lowest BCUT2D eigenvalue weighted by molar-refractivity contribution is -0.193. The fourth-order valence-corrected chi connectivity index (χ4v) is 4.99. The van der Waals surface area contributed by atoms with Crippen molar-refractivity contribution in [2.75, 3.05) is 29.0 Å². The number of carboxylic acid groups (broad SMARTS) is 2. The minimum Gasteiger partial charge on any atom is -0.475 e. The first kappa shape index (κ1) is 40.6. The Balaban J connectivity index is 0.000000396. The van der Waals surface area contributed by atoms with Gasteiger partial charge in [-0.15, -0.1) is 0 Å². The Labute approximate surface area is 305 Å². The number of anilines is 5. The maximum Gasteiger partial charge on any atom is 0.490 e. The second kappa shape index (κ2) is 17.1. The molecule has 0 aliphatic carbocycles. The van der Waals surface area contributed by atoms with Crippen LogP contribution >= 0.6 is 11.6 Å². The summed E-state index contributed by atoms with van der Waals surface area (Å²) in [5, 5.41) is 31.3. The molecule has 1 saturated heterocycles. The standard InChI is InChI=1S/C27H27ClN10O2.2C2HF3O2/c1-37-8-7-23(36-37)25(39)38-9-6-19(15-38)33-27(40)34-22-5-4-18-11-17(22)3-2-16-10-20(13-29-12-16)32-26-30-14-21(28)24(31-18)35-26;2*3-2(4,5)1(6)7/h4-5,7-8,10-14,19H,2-3,6,9,15H2,1H3,(H2,33,34,40)(H2,30,31,32,35);2*(H,6,7)/t19-;;/m0../s1. The quantitative estimate of drug-likeness (QED) is 0.149. The Bertz CT molecular complexity index is 1990. The molecule has 2 aliphatic heterocycles. The molecular formula is C31H29ClF6N10O6. The predicted octanol–water partition coefficient (Wildman–Crippen LogP) is 5.15. The van der Waals surface area contributed by atoms with Crippen LogP contribution in [0, 0.1) is 0 Å². The van der Waals surface area contributed by atoms with Crippen LogP contribution < -0.4 is 21.3 Å². The van der Waals surface area contributed by atoms with Crippen molar-refractivity contribution >= 4 is 64.3 Å². The van der Waals surface area contributed by atoms with Gasteiger partial charge in [-0.2, -0.15) is 36.4 Å². The number of carboxylic acids is 2. The number of fused-ring (bicyclic) bond motifs is 6. The molecule has 0 spiro atoms. The number of nitrogens with one attached hydrogen (secondary N) is 4. The van der Waals surface area contributed by atoms with Crippen molar-refractivity contribution in [3.63, 3.8) is 0 Å². The van der Waals surface area contributed by atoms with Crippen LogP contribution in [0.4, 0.5) is 60.0 Å². The first-order valence-electron chi connectivity index (χ1n) is 15.4. The Morgan fingerprint density at radius 2 is 1.61 bits per heavy atom. The second-order valence-corrected chi connectivity index (χ2v) is 11.8. The zero-order valence-corrected chi connectivity index (χ0v) is 28.4. The summed E-state index contributed by atoms with van der Waals surface area (Å²) in [7, 11) is 1.77. The molecule has 288 valence electrons. The summed E-state index contributed by atoms with van der Waals surface area (Å²) in [5.41, 5.74) is 4.58. The molecule has 2 aliphatic rings. The van der Waals surface area contributed by atoms with Gasteiger partial charge < -0.3 is 36.4 Å². The predicted molar refractivity (Wildman–Crippen MR) is 179 cm³/mol. The fraction of sp³-hybridized carbons (Fsp3) is 0.290. The van der Waals surface area contributed by atoms with Crippen LogP contribution in [0.2, 0.25) is 5.02 Å². The lowest BCUT2D eigenvalue weighted by Gasteiger charge is -2.18. The number of amides is 3. The number of carbonyl (C=O) groups excluding carboxylic acids is 2. The van der Waals surface area contributed by atoms with Crippen molar-refractivity contribution in [3.8, 4) is 0 Å². The maximum absolute atomic E-state index is 13.0. The van der Waals surface area contributed by atoms with Gasteiger partial charge in [-0.25, -0.2) is 19.4 Å². The minimum absolute atomic E-state index is 0.135. The van der Waals surface area contributed by atoms with Gasteiger partial charge in [-0.1, -0.05) is 11.6 Å². The molecule has 3 aromatic heterocycles. The average Bonchev–Trinajstić information content (AvgIpc) is 3.74. The molecule has 16 nitrogen and oxygen atoms in total. The summed E-state index contributed by atoms with van der Waals surface area (Å²) in [6.07, 6.45) is -1.34. The van der Waals surface area contributed by atoms with Crippen molar-refractivity contribution in [1.29, 1.82) is 0 Å². The molecule has 1 fully saturated rings. The van der Waals surface area contributed by atoms with Gasteiger partial charge in [0.15, 0.2) is 5.82 Å². The smallest absolute Gasteiger partial charge is 0.475 e. The number of hydrogen-bond donors (Lipinski definition) is 6. The lowest BCUT2D eigenvalue weighted by atomic mass is 10.0. The third-order valence-corrected chi connectivity index (χ3v) is 7.60. The van der Waals surface area contributed by atoms with Crippen molar-refractivity contribution in [2.24, 2.45) is 7.05 Å². The van der Waals surface area contributed by atoms with Crippen LogP contribution in [0.5, 0.6) is 0 Å². The number of aryl methyl sites for hydroxylation is 3. The third-order valence-electron chi connectivity index (χ3n) is 7.32. The number of hydrogen-bond acceptors (Lipinski definition) is 10. The zero-order valence-electron chi connectivity index (χ0n) is 27.7. The number of halogens is 7. The summed E-state index contributed by atoms with van der Waals surface area (Å²) < 4.78 is 65.1. The van der Waals surface area contributed by atoms with Crippen LogP contribution in [0.25, 0.3) is 0 Å². The van der Waals surface area contributed by atoms with Crippen LogP contribution in [-0.2, 0) is 29.5 Å². The SMILES string of the molecule is Cn1ccc(C(=O)N2CC[C@H](NC(=O)Nc3ccc4cc3CCc3cncc(c3)Nc3ncc(Cl)c(n3)N4)C2)n1.O=C(O)C(F)(F)F.O=C(O)C(F)(F)F. The fourth-order valence-electron chi connectivity index (χ4n) is 4.85. The lowest BCUT2D eigenvalue weighted by Crippen LogP contribution is -2.40. The molecule has 0 unspecified atom stereocenters. The van der Waals surface area contributed by atoms with Crippen molar-refractivity contribution in [1.82, 2.24) is 34.9 Å². The molecule has 6 N–H and O–H groups in total. The Hall–Kier alpha value is -6.19. The highest BCUT2D eigenvalue weighted by molar-refractivity contribution is 6.32. The summed E-state index contributed by atoms with van der Waals surface area (Å²) in [6, 6.07) is 8.89. The first-order chi connectivity index (χ1) is 25.3. The van der Waals surface area contributed by atoms with E-state index in [1.807, 2.05) is 30.5 Å². The van der Waals surface area contributed by atoms with E-state index in [9.17, 15) is 35.9 Å². The highest BCUT2D eigenvalue weighted by Gasteiger charge is 2.39. The number of carbonyl (C=O) groups is 4. The molecule has 23 heteroatoms. The number of aliphatic carboxylic acids is 2. The van der Waals surface area contributed by atoms with Crippen molar-refractivity contribution < 1.29 is 55.7 Å². The summed E-state index contributed by atoms with van der Waals surface area (Å²) >= 11 is 6.36. The molecule has 3 amide bonds. The van der Waals surface area contributed by atoms with E-state index in [1.165, 1.54) is 6.20 Å². The largest absolute Gasteiger partial charge is 0.490 e. The Kier molecular flexibility index (Phi) is 12.8. The van der Waals surface area contributed by atoms with Gasteiger partial charge in [0.2, 0.25) is 5.95 Å². The molecule has 5 heterocycles. The van der Waals surface area contributed by atoms with Gasteiger partial charge in [-0.3, -0.25) is 14.5 Å². The monoisotopic (exact) mass is 786 g/mol. The minimum atomic E-state index is -5.08. The average molecular weight is 787 g/mol. The molecule has 0 radical (unpaired) electrons. The number of aromatic nitrogens is 5. The summed E-state index contributed by atoms with van der Waals surface area (Å²) in [6.45, 7) is 0.985.